The van der Waals surface area contributed by atoms with Crippen LogP contribution in [0.1, 0.15) is 51.5 Å². The number of benzene rings is 1. The molecule has 0 aromatic heterocycles. The molecule has 0 saturated heterocycles. The molecule has 0 amide bonds. The summed E-state index contributed by atoms with van der Waals surface area (Å²) in [5.41, 5.74) is 1.13. The molecule has 1 N–H and O–H groups in total. The molecule has 0 saturated carbocycles. The molecule has 1 unspecified atom stereocenters. The van der Waals surface area contributed by atoms with Gasteiger partial charge in [-0.2, -0.15) is 8.42 Å². The van der Waals surface area contributed by atoms with Crippen molar-refractivity contribution in [3.8, 4) is 0 Å². The summed E-state index contributed by atoms with van der Waals surface area (Å²) in [6.07, 6.45) is 7.09. The average Bonchev–Trinajstić information content (AvgIpc) is 2.38. The van der Waals surface area contributed by atoms with E-state index in [1.54, 1.807) is 12.1 Å². The molecule has 19 heavy (non-hydrogen) atoms. The van der Waals surface area contributed by atoms with Crippen LogP contribution in [0.5, 0.6) is 0 Å². The van der Waals surface area contributed by atoms with Gasteiger partial charge in [-0.05, 0) is 36.5 Å². The van der Waals surface area contributed by atoms with Crippen molar-refractivity contribution in [2.45, 2.75) is 57.3 Å². The third kappa shape index (κ3) is 5.74. The van der Waals surface area contributed by atoms with Gasteiger partial charge in [-0.3, -0.25) is 4.55 Å². The molecular formula is C15H24O3S. The van der Waals surface area contributed by atoms with Gasteiger partial charge in [0.25, 0.3) is 10.1 Å². The lowest BCUT2D eigenvalue weighted by atomic mass is 9.92. The first-order valence-electron chi connectivity index (χ1n) is 7.03. The van der Waals surface area contributed by atoms with E-state index in [2.05, 4.69) is 13.8 Å². The molecule has 0 spiro atoms. The van der Waals surface area contributed by atoms with E-state index < -0.39 is 10.1 Å². The van der Waals surface area contributed by atoms with Gasteiger partial charge < -0.3 is 0 Å². The molecule has 108 valence electrons. The van der Waals surface area contributed by atoms with Crippen molar-refractivity contribution in [1.29, 1.82) is 0 Å². The minimum atomic E-state index is -4.07. The highest BCUT2D eigenvalue weighted by atomic mass is 32.2. The smallest absolute Gasteiger partial charge is 0.282 e. The van der Waals surface area contributed by atoms with Crippen LogP contribution in [0.15, 0.2) is 29.2 Å². The maximum Gasteiger partial charge on any atom is 0.294 e. The van der Waals surface area contributed by atoms with Crippen molar-refractivity contribution in [3.63, 3.8) is 0 Å². The zero-order valence-electron chi connectivity index (χ0n) is 11.8. The molecule has 0 aliphatic heterocycles. The average molecular weight is 284 g/mol. The molecule has 0 heterocycles. The topological polar surface area (TPSA) is 54.4 Å². The molecule has 0 aliphatic rings. The van der Waals surface area contributed by atoms with Crippen LogP contribution in [0.3, 0.4) is 0 Å². The van der Waals surface area contributed by atoms with E-state index in [4.69, 9.17) is 4.55 Å². The minimum Gasteiger partial charge on any atom is -0.282 e. The molecule has 0 fully saturated rings. The van der Waals surface area contributed by atoms with E-state index in [0.717, 1.165) is 24.3 Å². The summed E-state index contributed by atoms with van der Waals surface area (Å²) < 4.78 is 30.8. The summed E-state index contributed by atoms with van der Waals surface area (Å²) in [6.45, 7) is 4.43. The molecule has 0 bridgehead atoms. The molecule has 3 nitrogen and oxygen atoms in total. The SMILES string of the molecule is CCCCC(CC)CCc1ccc(S(=O)(=O)O)cc1. The zero-order chi connectivity index (χ0) is 14.3. The fraction of sp³-hybridized carbons (Fsp3) is 0.600. The lowest BCUT2D eigenvalue weighted by Gasteiger charge is -2.14. The lowest BCUT2D eigenvalue weighted by molar-refractivity contribution is 0.422. The van der Waals surface area contributed by atoms with Gasteiger partial charge in [0, 0.05) is 0 Å². The summed E-state index contributed by atoms with van der Waals surface area (Å²) in [4.78, 5) is -0.0331. The second kappa shape index (κ2) is 7.65. The molecule has 4 heteroatoms. The van der Waals surface area contributed by atoms with Crippen LogP contribution in [0.25, 0.3) is 0 Å². The van der Waals surface area contributed by atoms with E-state index in [0.29, 0.717) is 0 Å². The van der Waals surface area contributed by atoms with Gasteiger partial charge in [0.1, 0.15) is 0 Å². The summed E-state index contributed by atoms with van der Waals surface area (Å²) >= 11 is 0. The Bertz CT molecular complexity index is 463. The van der Waals surface area contributed by atoms with Gasteiger partial charge in [0.05, 0.1) is 4.90 Å². The fourth-order valence-electron chi connectivity index (χ4n) is 2.24. The maximum absolute atomic E-state index is 10.9. The number of hydrogen-bond acceptors (Lipinski definition) is 2. The summed E-state index contributed by atoms with van der Waals surface area (Å²) in [6, 6.07) is 6.51. The highest BCUT2D eigenvalue weighted by Gasteiger charge is 2.09. The van der Waals surface area contributed by atoms with Crippen molar-refractivity contribution in [2.24, 2.45) is 5.92 Å². The summed E-state index contributed by atoms with van der Waals surface area (Å²) in [5.74, 6) is 0.751. The van der Waals surface area contributed by atoms with Crippen molar-refractivity contribution < 1.29 is 13.0 Å². The predicted molar refractivity (Wildman–Crippen MR) is 77.9 cm³/mol. The predicted octanol–water partition coefficient (Wildman–Crippen LogP) is 4.08. The Kier molecular flexibility index (Phi) is 6.52. The van der Waals surface area contributed by atoms with Gasteiger partial charge >= 0.3 is 0 Å². The van der Waals surface area contributed by atoms with Crippen molar-refractivity contribution in [1.82, 2.24) is 0 Å². The maximum atomic E-state index is 10.9. The van der Waals surface area contributed by atoms with Crippen LogP contribution < -0.4 is 0 Å². The Labute approximate surface area is 116 Å². The number of rotatable bonds is 8. The third-order valence-electron chi connectivity index (χ3n) is 3.61. The third-order valence-corrected chi connectivity index (χ3v) is 4.47. The molecule has 1 aromatic rings. The fourth-order valence-corrected chi connectivity index (χ4v) is 2.72. The number of unbranched alkanes of at least 4 members (excludes halogenated alkanes) is 1. The van der Waals surface area contributed by atoms with Crippen LogP contribution in [-0.4, -0.2) is 13.0 Å². The minimum absolute atomic E-state index is 0.0331. The Morgan fingerprint density at radius 3 is 2.21 bits per heavy atom. The van der Waals surface area contributed by atoms with Gasteiger partial charge in [0.2, 0.25) is 0 Å². The second-order valence-electron chi connectivity index (χ2n) is 5.07. The van der Waals surface area contributed by atoms with Gasteiger partial charge in [-0.25, -0.2) is 0 Å². The molecule has 1 aromatic carbocycles. The van der Waals surface area contributed by atoms with Gasteiger partial charge in [0.15, 0.2) is 0 Å². The van der Waals surface area contributed by atoms with Crippen LogP contribution in [0, 0.1) is 5.92 Å². The Morgan fingerprint density at radius 2 is 1.74 bits per heavy atom. The lowest BCUT2D eigenvalue weighted by Crippen LogP contribution is -2.02. The largest absolute Gasteiger partial charge is 0.294 e. The first kappa shape index (κ1) is 16.2. The first-order chi connectivity index (χ1) is 8.97. The van der Waals surface area contributed by atoms with Gasteiger partial charge in [-0.1, -0.05) is 51.7 Å². The molecule has 1 rings (SSSR count). The molecule has 0 radical (unpaired) electrons. The summed E-state index contributed by atoms with van der Waals surface area (Å²) in [7, 11) is -4.07. The van der Waals surface area contributed by atoms with Gasteiger partial charge in [-0.15, -0.1) is 0 Å². The van der Waals surface area contributed by atoms with Crippen molar-refractivity contribution in [2.75, 3.05) is 0 Å². The normalized spacial score (nSPS) is 13.4. The molecular weight excluding hydrogens is 260 g/mol. The molecule has 0 aliphatic carbocycles. The van der Waals surface area contributed by atoms with Crippen LogP contribution in [0.4, 0.5) is 0 Å². The zero-order valence-corrected chi connectivity index (χ0v) is 12.6. The number of hydrogen-bond donors (Lipinski definition) is 1. The highest BCUT2D eigenvalue weighted by molar-refractivity contribution is 7.85. The number of aryl methyl sites for hydroxylation is 1. The van der Waals surface area contributed by atoms with E-state index in [1.165, 1.54) is 37.8 Å². The first-order valence-corrected chi connectivity index (χ1v) is 8.47. The quantitative estimate of drug-likeness (QED) is 0.732. The van der Waals surface area contributed by atoms with E-state index >= 15 is 0 Å². The Hall–Kier alpha value is -0.870. The second-order valence-corrected chi connectivity index (χ2v) is 6.50. The van der Waals surface area contributed by atoms with E-state index in [-0.39, 0.29) is 4.90 Å². The van der Waals surface area contributed by atoms with E-state index in [1.807, 2.05) is 0 Å². The highest BCUT2D eigenvalue weighted by Crippen LogP contribution is 2.20. The van der Waals surface area contributed by atoms with E-state index in [9.17, 15) is 8.42 Å². The molecule has 1 atom stereocenters. The standard InChI is InChI=1S/C15H24O3S/c1-3-5-6-13(4-2)7-8-14-9-11-15(12-10-14)19(16,17)18/h9-13H,3-8H2,1-2H3,(H,16,17,18). The van der Waals surface area contributed by atoms with Crippen LogP contribution in [-0.2, 0) is 16.5 Å². The monoisotopic (exact) mass is 284 g/mol. The van der Waals surface area contributed by atoms with Crippen LogP contribution in [0.2, 0.25) is 0 Å². The Balaban J connectivity index is 2.53. The van der Waals surface area contributed by atoms with Crippen molar-refractivity contribution in [3.05, 3.63) is 29.8 Å². The summed E-state index contributed by atoms with van der Waals surface area (Å²) in [5, 5.41) is 0. The Morgan fingerprint density at radius 1 is 1.11 bits per heavy atom. The van der Waals surface area contributed by atoms with Crippen molar-refractivity contribution >= 4 is 10.1 Å². The van der Waals surface area contributed by atoms with Crippen LogP contribution >= 0.6 is 0 Å².